The number of benzene rings is 2. The number of rotatable bonds is 3. The Kier molecular flexibility index (Phi) is 4.22. The van der Waals surface area contributed by atoms with Gasteiger partial charge >= 0.3 is 144 Å². The van der Waals surface area contributed by atoms with E-state index in [1.165, 1.54) is 0 Å². The molecule has 0 saturated carbocycles. The Hall–Kier alpha value is -2.87. The van der Waals surface area contributed by atoms with Crippen LogP contribution in [0.4, 0.5) is 5.69 Å². The van der Waals surface area contributed by atoms with Crippen molar-refractivity contribution in [3.63, 3.8) is 0 Å². The Morgan fingerprint density at radius 3 is 2.46 bits per heavy atom. The second-order valence-corrected chi connectivity index (χ2v) is 7.33. The summed E-state index contributed by atoms with van der Waals surface area (Å²) in [6.45, 7) is 1.70. The molecular formula is C18H13N3O2Se. The van der Waals surface area contributed by atoms with Crippen LogP contribution in [0.25, 0.3) is 21.3 Å². The Morgan fingerprint density at radius 2 is 1.88 bits per heavy atom. The number of carboxylic acids is 1. The van der Waals surface area contributed by atoms with Crippen molar-refractivity contribution in [2.24, 2.45) is 0 Å². The number of aryl methyl sites for hydroxylation is 1. The number of carboxylic acid groups (broad SMARTS) is 1. The van der Waals surface area contributed by atoms with Crippen LogP contribution in [0, 0.1) is 18.3 Å². The molecule has 2 aromatic carbocycles. The average molecular weight is 382 g/mol. The zero-order valence-electron chi connectivity index (χ0n) is 12.8. The van der Waals surface area contributed by atoms with Gasteiger partial charge in [-0.1, -0.05) is 0 Å². The van der Waals surface area contributed by atoms with Crippen molar-refractivity contribution in [2.75, 3.05) is 5.73 Å². The predicted molar refractivity (Wildman–Crippen MR) is 92.9 cm³/mol. The van der Waals surface area contributed by atoms with Crippen molar-refractivity contribution in [1.82, 2.24) is 4.98 Å². The third kappa shape index (κ3) is 2.95. The quantitative estimate of drug-likeness (QED) is 0.536. The molecule has 5 nitrogen and oxygen atoms in total. The van der Waals surface area contributed by atoms with Crippen molar-refractivity contribution in [3.8, 4) is 27.3 Å². The Balaban J connectivity index is 2.07. The van der Waals surface area contributed by atoms with E-state index in [-0.39, 0.29) is 14.5 Å². The average Bonchev–Trinajstić information content (AvgIpc) is 2.97. The number of carbonyl (C=O) groups is 1. The van der Waals surface area contributed by atoms with E-state index < -0.39 is 5.97 Å². The molecule has 0 unspecified atom stereocenters. The summed E-state index contributed by atoms with van der Waals surface area (Å²) in [4.78, 5) is 15.6. The molecule has 3 N–H and O–H groups in total. The summed E-state index contributed by atoms with van der Waals surface area (Å²) in [7, 11) is 0. The van der Waals surface area contributed by atoms with Gasteiger partial charge in [0.2, 0.25) is 0 Å². The topological polar surface area (TPSA) is 100 Å². The van der Waals surface area contributed by atoms with Crippen molar-refractivity contribution in [2.45, 2.75) is 6.92 Å². The number of hydrogen-bond donors (Lipinski definition) is 2. The number of hydrogen-bond acceptors (Lipinski definition) is 4. The second-order valence-electron chi connectivity index (χ2n) is 5.23. The molecule has 0 aliphatic rings. The maximum absolute atomic E-state index is 11.2. The molecule has 118 valence electrons. The van der Waals surface area contributed by atoms with Crippen LogP contribution in [0.15, 0.2) is 42.5 Å². The summed E-state index contributed by atoms with van der Waals surface area (Å²) in [5, 5.41) is 18.7. The molecule has 3 rings (SSSR count). The summed E-state index contributed by atoms with van der Waals surface area (Å²) in [6, 6.07) is 15.1. The number of nitrogens with two attached hydrogens (primary N) is 1. The summed E-state index contributed by atoms with van der Waals surface area (Å²) in [5.74, 6) is -0.926. The van der Waals surface area contributed by atoms with Crippen LogP contribution in [0.2, 0.25) is 0 Å². The van der Waals surface area contributed by atoms with Crippen LogP contribution >= 0.6 is 0 Å². The summed E-state index contributed by atoms with van der Waals surface area (Å²) in [6.07, 6.45) is 0. The molecule has 0 spiro atoms. The van der Waals surface area contributed by atoms with Gasteiger partial charge in [-0.2, -0.15) is 0 Å². The molecule has 0 fully saturated rings. The van der Waals surface area contributed by atoms with Gasteiger partial charge in [0, 0.05) is 0 Å². The molecule has 6 heteroatoms. The molecule has 0 atom stereocenters. The SMILES string of the molecule is Cc1nc(-c2ccc(-c3ccc(N)cc3)c(C#N)c2)[se]c1C(=O)O. The fourth-order valence-electron chi connectivity index (χ4n) is 2.40. The molecule has 0 radical (unpaired) electrons. The van der Waals surface area contributed by atoms with E-state index in [4.69, 9.17) is 5.73 Å². The van der Waals surface area contributed by atoms with Crippen molar-refractivity contribution < 1.29 is 9.90 Å². The number of aromatic carboxylic acids is 1. The van der Waals surface area contributed by atoms with E-state index in [1.54, 1.807) is 25.1 Å². The molecule has 0 aliphatic heterocycles. The zero-order chi connectivity index (χ0) is 17.3. The van der Waals surface area contributed by atoms with Gasteiger partial charge in [-0.05, 0) is 0 Å². The van der Waals surface area contributed by atoms with Crippen LogP contribution in [0.3, 0.4) is 0 Å². The second kappa shape index (κ2) is 6.32. The number of aromatic nitrogens is 1. The number of nitrogen functional groups attached to an aromatic ring is 1. The van der Waals surface area contributed by atoms with Gasteiger partial charge in [0.1, 0.15) is 0 Å². The summed E-state index contributed by atoms with van der Waals surface area (Å²) < 4.78 is 1.09. The zero-order valence-corrected chi connectivity index (χ0v) is 14.5. The normalized spacial score (nSPS) is 10.3. The van der Waals surface area contributed by atoms with Crippen LogP contribution in [-0.4, -0.2) is 30.6 Å². The molecule has 0 amide bonds. The van der Waals surface area contributed by atoms with Crippen LogP contribution in [-0.2, 0) is 0 Å². The molecule has 0 aliphatic carbocycles. The van der Waals surface area contributed by atoms with E-state index in [1.807, 2.05) is 24.3 Å². The first-order valence-corrected chi connectivity index (χ1v) is 8.82. The van der Waals surface area contributed by atoms with E-state index in [9.17, 15) is 15.2 Å². The van der Waals surface area contributed by atoms with Crippen LogP contribution in [0.1, 0.15) is 20.5 Å². The minimum atomic E-state index is -0.926. The van der Waals surface area contributed by atoms with E-state index in [0.717, 1.165) is 21.3 Å². The van der Waals surface area contributed by atoms with Crippen LogP contribution < -0.4 is 5.73 Å². The monoisotopic (exact) mass is 383 g/mol. The van der Waals surface area contributed by atoms with E-state index in [0.29, 0.717) is 21.4 Å². The number of nitrogens with zero attached hydrogens (tertiary/aromatic N) is 2. The first kappa shape index (κ1) is 16.0. The van der Waals surface area contributed by atoms with E-state index in [2.05, 4.69) is 11.1 Å². The summed E-state index contributed by atoms with van der Waals surface area (Å²) in [5.41, 5.74) is 9.95. The molecule has 0 saturated heterocycles. The Labute approximate surface area is 144 Å². The molecule has 3 aromatic rings. The molecular weight excluding hydrogens is 369 g/mol. The van der Waals surface area contributed by atoms with E-state index >= 15 is 0 Å². The fraction of sp³-hybridized carbons (Fsp3) is 0.0556. The van der Waals surface area contributed by atoms with Gasteiger partial charge in [-0.3, -0.25) is 0 Å². The Bertz CT molecular complexity index is 969. The number of anilines is 1. The third-order valence-electron chi connectivity index (χ3n) is 3.60. The van der Waals surface area contributed by atoms with Crippen LogP contribution in [0.5, 0.6) is 0 Å². The van der Waals surface area contributed by atoms with Crippen molar-refractivity contribution in [3.05, 3.63) is 58.2 Å². The Morgan fingerprint density at radius 1 is 1.21 bits per heavy atom. The van der Waals surface area contributed by atoms with Gasteiger partial charge in [0.25, 0.3) is 0 Å². The first-order chi connectivity index (χ1) is 11.5. The fourth-order valence-corrected chi connectivity index (χ4v) is 4.29. The molecule has 1 aromatic heterocycles. The van der Waals surface area contributed by atoms with Gasteiger partial charge in [-0.25, -0.2) is 0 Å². The third-order valence-corrected chi connectivity index (χ3v) is 6.11. The predicted octanol–water partition coefficient (Wildman–Crippen LogP) is 2.93. The molecule has 24 heavy (non-hydrogen) atoms. The molecule has 1 heterocycles. The minimum absolute atomic E-state index is 0.356. The molecule has 0 bridgehead atoms. The van der Waals surface area contributed by atoms with Gasteiger partial charge in [0.05, 0.1) is 0 Å². The van der Waals surface area contributed by atoms with Crippen molar-refractivity contribution in [1.29, 1.82) is 5.26 Å². The first-order valence-electron chi connectivity index (χ1n) is 7.10. The maximum atomic E-state index is 11.2. The standard InChI is InChI=1S/C18H13N3O2Se/c1-10-16(18(22)23)24-17(21-10)12-4-7-15(13(8-12)9-19)11-2-5-14(20)6-3-11/h2-8H,20H2,1H3,(H,22,23). The van der Waals surface area contributed by atoms with Gasteiger partial charge < -0.3 is 0 Å². The van der Waals surface area contributed by atoms with Crippen molar-refractivity contribution >= 4 is 26.2 Å². The summed E-state index contributed by atoms with van der Waals surface area (Å²) >= 11 is -0.356. The van der Waals surface area contributed by atoms with Gasteiger partial charge in [-0.15, -0.1) is 0 Å². The van der Waals surface area contributed by atoms with Gasteiger partial charge in [0.15, 0.2) is 0 Å². The number of nitriles is 1.